The number of nitrogens with two attached hydrogens (primary N) is 2. The summed E-state index contributed by atoms with van der Waals surface area (Å²) in [6.45, 7) is 7.87. The van der Waals surface area contributed by atoms with Gasteiger partial charge in [0.25, 0.3) is 0 Å². The van der Waals surface area contributed by atoms with Gasteiger partial charge in [0.05, 0.1) is 0 Å². The largest absolute Gasteiger partial charge is 0.327 e. The van der Waals surface area contributed by atoms with E-state index in [9.17, 15) is 0 Å². The van der Waals surface area contributed by atoms with Crippen molar-refractivity contribution in [2.75, 3.05) is 13.1 Å². The lowest BCUT2D eigenvalue weighted by Crippen LogP contribution is -1.90. The minimum absolute atomic E-state index is 0.583. The molecule has 1 aliphatic carbocycles. The highest BCUT2D eigenvalue weighted by Gasteiger charge is 1.95. The van der Waals surface area contributed by atoms with Crippen LogP contribution in [0.5, 0.6) is 0 Å². The molecule has 1 fully saturated rings. The Labute approximate surface area is 89.1 Å². The van der Waals surface area contributed by atoms with Crippen molar-refractivity contribution in [3.8, 4) is 0 Å². The Hall–Kier alpha value is -0.600. The van der Waals surface area contributed by atoms with E-state index in [1.165, 1.54) is 38.5 Å². The molecule has 0 unspecified atom stereocenters. The molecule has 0 atom stereocenters. The maximum absolute atomic E-state index is 4.91. The Kier molecular flexibility index (Phi) is 20.7. The molecule has 0 heterocycles. The molecule has 0 spiro atoms. The number of hydrogen-bond acceptors (Lipinski definition) is 2. The first-order valence-corrected chi connectivity index (χ1v) is 5.45. The molecule has 2 heteroatoms. The molecule has 1 saturated carbocycles. The zero-order valence-corrected chi connectivity index (χ0v) is 9.38. The van der Waals surface area contributed by atoms with E-state index in [4.69, 9.17) is 11.5 Å². The van der Waals surface area contributed by atoms with Gasteiger partial charge in [-0.25, -0.2) is 0 Å². The van der Waals surface area contributed by atoms with Crippen LogP contribution in [-0.4, -0.2) is 13.1 Å². The van der Waals surface area contributed by atoms with Gasteiger partial charge in [-0.05, 0) is 0 Å². The van der Waals surface area contributed by atoms with Crippen LogP contribution in [0.25, 0.3) is 0 Å². The van der Waals surface area contributed by atoms with Crippen molar-refractivity contribution in [1.29, 1.82) is 0 Å². The first kappa shape index (κ1) is 15.9. The van der Waals surface area contributed by atoms with Crippen molar-refractivity contribution >= 4 is 0 Å². The Balaban J connectivity index is 0. The lowest BCUT2D eigenvalue weighted by atomic mass is 10.0. The average Bonchev–Trinajstić information content (AvgIpc) is 2.32. The summed E-state index contributed by atoms with van der Waals surface area (Å²) in [4.78, 5) is 0. The highest BCUT2D eigenvalue weighted by atomic mass is 14.5. The van der Waals surface area contributed by atoms with E-state index in [0.29, 0.717) is 13.1 Å². The summed E-state index contributed by atoms with van der Waals surface area (Å²) in [5.41, 5.74) is 9.82. The Morgan fingerprint density at radius 1 is 0.714 bits per heavy atom. The summed E-state index contributed by atoms with van der Waals surface area (Å²) in [5, 5.41) is 0. The molecule has 0 saturated heterocycles. The second-order valence-electron chi connectivity index (χ2n) is 3.17. The molecule has 0 aromatic rings. The molecule has 0 radical (unpaired) electrons. The zero-order chi connectivity index (χ0) is 11.1. The summed E-state index contributed by atoms with van der Waals surface area (Å²) in [5.74, 6) is 0. The number of rotatable bonds is 2. The molecule has 0 aliphatic heterocycles. The van der Waals surface area contributed by atoms with Crippen LogP contribution in [0.1, 0.15) is 38.5 Å². The quantitative estimate of drug-likeness (QED) is 0.670. The summed E-state index contributed by atoms with van der Waals surface area (Å²) >= 11 is 0. The van der Waals surface area contributed by atoms with Gasteiger partial charge in [-0.1, -0.05) is 50.7 Å². The molecule has 0 amide bonds. The zero-order valence-electron chi connectivity index (χ0n) is 9.38. The molecule has 0 aromatic carbocycles. The van der Waals surface area contributed by atoms with Crippen molar-refractivity contribution in [2.24, 2.45) is 11.5 Å². The lowest BCUT2D eigenvalue weighted by molar-refractivity contribution is 0.504. The molecule has 2 nitrogen and oxygen atoms in total. The predicted molar refractivity (Wildman–Crippen MR) is 66.2 cm³/mol. The normalized spacial score (nSPS) is 13.9. The van der Waals surface area contributed by atoms with Gasteiger partial charge in [0.2, 0.25) is 0 Å². The molecular formula is C12H26N2. The second kappa shape index (κ2) is 18.2. The first-order valence-electron chi connectivity index (χ1n) is 5.45. The maximum atomic E-state index is 4.91. The summed E-state index contributed by atoms with van der Waals surface area (Å²) in [6, 6.07) is 0. The molecule has 1 aliphatic rings. The van der Waals surface area contributed by atoms with Crippen molar-refractivity contribution in [3.63, 3.8) is 0 Å². The van der Waals surface area contributed by atoms with Crippen LogP contribution >= 0.6 is 0 Å². The van der Waals surface area contributed by atoms with E-state index in [2.05, 4.69) is 13.2 Å². The van der Waals surface area contributed by atoms with Gasteiger partial charge in [0, 0.05) is 13.1 Å². The van der Waals surface area contributed by atoms with Gasteiger partial charge in [-0.3, -0.25) is 0 Å². The van der Waals surface area contributed by atoms with E-state index in [1.807, 2.05) is 0 Å². The topological polar surface area (TPSA) is 52.0 Å². The van der Waals surface area contributed by atoms with E-state index in [1.54, 1.807) is 12.2 Å². The minimum atomic E-state index is 0.583. The monoisotopic (exact) mass is 198 g/mol. The van der Waals surface area contributed by atoms with Crippen LogP contribution in [0.4, 0.5) is 0 Å². The summed E-state index contributed by atoms with van der Waals surface area (Å²) in [6.07, 6.45) is 12.3. The smallest absolute Gasteiger partial charge is 0.0104 e. The standard InChI is InChI=1S/C6H12.2C3H7N/c1-2-4-6-5-3-1;2*1-2-3-4/h1-6H2;2*2H,1,3-4H2. The van der Waals surface area contributed by atoms with Crippen LogP contribution < -0.4 is 11.5 Å². The van der Waals surface area contributed by atoms with Gasteiger partial charge >= 0.3 is 0 Å². The fraction of sp³-hybridized carbons (Fsp3) is 0.667. The third-order valence-corrected chi connectivity index (χ3v) is 1.83. The van der Waals surface area contributed by atoms with Crippen molar-refractivity contribution in [1.82, 2.24) is 0 Å². The highest BCUT2D eigenvalue weighted by molar-refractivity contribution is 4.64. The van der Waals surface area contributed by atoms with Gasteiger partial charge < -0.3 is 11.5 Å². The van der Waals surface area contributed by atoms with Gasteiger partial charge in [0.15, 0.2) is 0 Å². The van der Waals surface area contributed by atoms with E-state index in [0.717, 1.165) is 0 Å². The van der Waals surface area contributed by atoms with Gasteiger partial charge in [0.1, 0.15) is 0 Å². The maximum Gasteiger partial charge on any atom is 0.0104 e. The number of hydrogen-bond donors (Lipinski definition) is 2. The SMILES string of the molecule is C1CCCCC1.C=CCN.C=CCN. The van der Waals surface area contributed by atoms with Crippen molar-refractivity contribution in [2.45, 2.75) is 38.5 Å². The van der Waals surface area contributed by atoms with E-state index in [-0.39, 0.29) is 0 Å². The van der Waals surface area contributed by atoms with Crippen molar-refractivity contribution in [3.05, 3.63) is 25.3 Å². The molecular weight excluding hydrogens is 172 g/mol. The Morgan fingerprint density at radius 2 is 0.857 bits per heavy atom. The van der Waals surface area contributed by atoms with E-state index < -0.39 is 0 Å². The van der Waals surface area contributed by atoms with Crippen LogP contribution in [0.15, 0.2) is 25.3 Å². The third-order valence-electron chi connectivity index (χ3n) is 1.83. The first-order chi connectivity index (χ1) is 6.83. The molecule has 4 N–H and O–H groups in total. The predicted octanol–water partition coefficient (Wildman–Crippen LogP) is 2.60. The van der Waals surface area contributed by atoms with Gasteiger partial charge in [-0.2, -0.15) is 0 Å². The third kappa shape index (κ3) is 22.5. The molecule has 84 valence electrons. The summed E-state index contributed by atoms with van der Waals surface area (Å²) < 4.78 is 0. The fourth-order valence-electron chi connectivity index (χ4n) is 1.06. The van der Waals surface area contributed by atoms with Crippen LogP contribution in [0, 0.1) is 0 Å². The van der Waals surface area contributed by atoms with Crippen LogP contribution in [-0.2, 0) is 0 Å². The lowest BCUT2D eigenvalue weighted by Gasteiger charge is -2.05. The molecule has 1 rings (SSSR count). The Bertz CT molecular complexity index is 87.4. The average molecular weight is 198 g/mol. The molecule has 0 bridgehead atoms. The van der Waals surface area contributed by atoms with Crippen LogP contribution in [0.3, 0.4) is 0 Å². The minimum Gasteiger partial charge on any atom is -0.327 e. The van der Waals surface area contributed by atoms with Crippen molar-refractivity contribution < 1.29 is 0 Å². The van der Waals surface area contributed by atoms with Crippen LogP contribution in [0.2, 0.25) is 0 Å². The fourth-order valence-corrected chi connectivity index (χ4v) is 1.06. The van der Waals surface area contributed by atoms with E-state index >= 15 is 0 Å². The molecule has 14 heavy (non-hydrogen) atoms. The highest BCUT2D eigenvalue weighted by Crippen LogP contribution is 2.15. The Morgan fingerprint density at radius 3 is 0.929 bits per heavy atom. The second-order valence-corrected chi connectivity index (χ2v) is 3.17. The van der Waals surface area contributed by atoms with Gasteiger partial charge in [-0.15, -0.1) is 13.2 Å². The summed E-state index contributed by atoms with van der Waals surface area (Å²) in [7, 11) is 0. The molecule has 0 aromatic heterocycles.